The quantitative estimate of drug-likeness (QED) is 0.627. The minimum absolute atomic E-state index is 0.0573. The maximum Gasteiger partial charge on any atom is 0.453 e. The van der Waals surface area contributed by atoms with Crippen molar-refractivity contribution in [3.63, 3.8) is 0 Å². The minimum Gasteiger partial charge on any atom is -0.436 e. The van der Waals surface area contributed by atoms with Crippen molar-refractivity contribution in [1.29, 1.82) is 0 Å². The van der Waals surface area contributed by atoms with Crippen LogP contribution in [0, 0.1) is 13.8 Å². The molecule has 3 aromatic heterocycles. The second-order valence-electron chi connectivity index (χ2n) is 4.72. The zero-order valence-electron chi connectivity index (χ0n) is 11.9. The summed E-state index contributed by atoms with van der Waals surface area (Å²) >= 11 is 3.25. The molecule has 0 aliphatic rings. The summed E-state index contributed by atoms with van der Waals surface area (Å²) in [5.74, 6) is -1.07. The molecule has 0 bridgehead atoms. The van der Waals surface area contributed by atoms with Crippen LogP contribution in [0.3, 0.4) is 0 Å². The summed E-state index contributed by atoms with van der Waals surface area (Å²) in [7, 11) is 0. The fourth-order valence-corrected chi connectivity index (χ4v) is 2.34. The molecule has 0 saturated heterocycles. The highest BCUT2D eigenvalue weighted by Gasteiger charge is 2.37. The lowest BCUT2D eigenvalue weighted by Gasteiger charge is -2.09. The van der Waals surface area contributed by atoms with Crippen LogP contribution in [0.15, 0.2) is 22.8 Å². The number of hydrogen-bond acceptors (Lipinski definition) is 5. The van der Waals surface area contributed by atoms with Crippen LogP contribution in [-0.4, -0.2) is 24.6 Å². The number of nitrogens with zero attached hydrogens (tertiary/aromatic N) is 5. The van der Waals surface area contributed by atoms with E-state index < -0.39 is 12.0 Å². The first-order valence-electron chi connectivity index (χ1n) is 6.36. The number of fused-ring (bicyclic) bond motifs is 1. The third kappa shape index (κ3) is 3.11. The molecule has 120 valence electrons. The van der Waals surface area contributed by atoms with Crippen molar-refractivity contribution in [2.45, 2.75) is 20.0 Å². The molecule has 0 amide bonds. The number of aromatic nitrogens is 5. The van der Waals surface area contributed by atoms with E-state index >= 15 is 0 Å². The lowest BCUT2D eigenvalue weighted by molar-refractivity contribution is -0.144. The summed E-state index contributed by atoms with van der Waals surface area (Å²) < 4.78 is 45.3. The fraction of sp³-hybridized carbons (Fsp3) is 0.231. The van der Waals surface area contributed by atoms with Gasteiger partial charge in [0.2, 0.25) is 5.88 Å². The molecule has 0 spiro atoms. The second-order valence-corrected chi connectivity index (χ2v) is 5.48. The molecular weight excluding hydrogens is 379 g/mol. The van der Waals surface area contributed by atoms with E-state index in [0.717, 1.165) is 10.2 Å². The monoisotopic (exact) mass is 387 g/mol. The van der Waals surface area contributed by atoms with E-state index in [-0.39, 0.29) is 11.7 Å². The van der Waals surface area contributed by atoms with Crippen LogP contribution in [-0.2, 0) is 6.18 Å². The lowest BCUT2D eigenvalue weighted by Crippen LogP contribution is -2.08. The average molecular weight is 388 g/mol. The predicted octanol–water partition coefficient (Wildman–Crippen LogP) is 3.71. The van der Waals surface area contributed by atoms with Gasteiger partial charge in [-0.15, -0.1) is 5.10 Å². The number of hydrogen-bond donors (Lipinski definition) is 0. The minimum atomic E-state index is -4.66. The van der Waals surface area contributed by atoms with Gasteiger partial charge in [0.15, 0.2) is 5.75 Å². The molecule has 3 heterocycles. The van der Waals surface area contributed by atoms with Crippen LogP contribution in [0.1, 0.15) is 17.2 Å². The Balaban J connectivity index is 2.11. The van der Waals surface area contributed by atoms with Crippen molar-refractivity contribution < 1.29 is 17.9 Å². The first kappa shape index (κ1) is 15.7. The number of aryl methyl sites for hydroxylation is 2. The maximum atomic E-state index is 12.8. The van der Waals surface area contributed by atoms with E-state index in [4.69, 9.17) is 4.74 Å². The van der Waals surface area contributed by atoms with Crippen LogP contribution in [0.25, 0.3) is 5.78 Å². The fourth-order valence-electron chi connectivity index (χ4n) is 1.85. The Bertz CT molecular complexity index is 893. The van der Waals surface area contributed by atoms with Crippen LogP contribution in [0.4, 0.5) is 13.2 Å². The first-order chi connectivity index (χ1) is 10.7. The Hall–Kier alpha value is -2.23. The summed E-state index contributed by atoms with van der Waals surface area (Å²) in [6.45, 7) is 3.42. The number of halogens is 4. The number of alkyl halides is 3. The topological polar surface area (TPSA) is 65.2 Å². The summed E-state index contributed by atoms with van der Waals surface area (Å²) in [4.78, 5) is 11.5. The van der Waals surface area contributed by atoms with Gasteiger partial charge in [-0.05, 0) is 41.9 Å². The van der Waals surface area contributed by atoms with E-state index in [0.29, 0.717) is 16.0 Å². The van der Waals surface area contributed by atoms with Crippen LogP contribution in [0.2, 0.25) is 0 Å². The number of pyridine rings is 1. The van der Waals surface area contributed by atoms with Gasteiger partial charge >= 0.3 is 6.18 Å². The number of rotatable bonds is 2. The van der Waals surface area contributed by atoms with Gasteiger partial charge in [-0.3, -0.25) is 0 Å². The summed E-state index contributed by atoms with van der Waals surface area (Å²) in [6, 6.07) is 4.83. The Morgan fingerprint density at radius 1 is 1.09 bits per heavy atom. The molecule has 0 saturated carbocycles. The zero-order valence-corrected chi connectivity index (χ0v) is 13.5. The van der Waals surface area contributed by atoms with Crippen molar-refractivity contribution in [3.8, 4) is 11.6 Å². The summed E-state index contributed by atoms with van der Waals surface area (Å²) in [6.07, 6.45) is -4.66. The largest absolute Gasteiger partial charge is 0.453 e. The molecule has 0 unspecified atom stereocenters. The zero-order chi connectivity index (χ0) is 16.8. The van der Waals surface area contributed by atoms with Gasteiger partial charge < -0.3 is 4.74 Å². The Morgan fingerprint density at radius 2 is 1.83 bits per heavy atom. The standard InChI is InChI=1S/C13H9BrF3N5O/c1-6-3-4-8(10(14)18-6)23-9-5-7(2)19-12-20-11(13(15,16)17)21-22(9)12/h3-5H,1-2H3. The molecule has 0 aliphatic heterocycles. The Kier molecular flexibility index (Phi) is 3.71. The van der Waals surface area contributed by atoms with E-state index in [1.807, 2.05) is 0 Å². The van der Waals surface area contributed by atoms with E-state index in [2.05, 4.69) is 36.0 Å². The van der Waals surface area contributed by atoms with Crippen molar-refractivity contribution in [1.82, 2.24) is 24.6 Å². The molecule has 0 aromatic carbocycles. The molecule has 0 fully saturated rings. The van der Waals surface area contributed by atoms with E-state index in [9.17, 15) is 13.2 Å². The van der Waals surface area contributed by atoms with E-state index in [1.165, 1.54) is 6.07 Å². The molecule has 23 heavy (non-hydrogen) atoms. The van der Waals surface area contributed by atoms with Gasteiger partial charge in [0, 0.05) is 17.5 Å². The molecule has 6 nitrogen and oxygen atoms in total. The second kappa shape index (κ2) is 5.44. The molecule has 0 N–H and O–H groups in total. The Morgan fingerprint density at radius 3 is 2.48 bits per heavy atom. The third-order valence-electron chi connectivity index (χ3n) is 2.83. The third-order valence-corrected chi connectivity index (χ3v) is 3.40. The van der Waals surface area contributed by atoms with Gasteiger partial charge in [-0.2, -0.15) is 22.7 Å². The SMILES string of the molecule is Cc1ccc(Oc2cc(C)nc3nc(C(F)(F)F)nn23)c(Br)n1. The number of ether oxygens (including phenoxy) is 1. The lowest BCUT2D eigenvalue weighted by atomic mass is 10.4. The van der Waals surface area contributed by atoms with Crippen molar-refractivity contribution in [2.24, 2.45) is 0 Å². The van der Waals surface area contributed by atoms with Crippen molar-refractivity contribution >= 4 is 21.7 Å². The maximum absolute atomic E-state index is 12.8. The van der Waals surface area contributed by atoms with Gasteiger partial charge in [-0.25, -0.2) is 9.97 Å². The molecule has 0 radical (unpaired) electrons. The molecule has 0 atom stereocenters. The van der Waals surface area contributed by atoms with Crippen LogP contribution in [0.5, 0.6) is 11.6 Å². The summed E-state index contributed by atoms with van der Waals surface area (Å²) in [5, 5.41) is 3.43. The first-order valence-corrected chi connectivity index (χ1v) is 7.16. The smallest absolute Gasteiger partial charge is 0.436 e. The highest BCUT2D eigenvalue weighted by molar-refractivity contribution is 9.10. The highest BCUT2D eigenvalue weighted by Crippen LogP contribution is 2.30. The van der Waals surface area contributed by atoms with Gasteiger partial charge in [0.1, 0.15) is 4.60 Å². The van der Waals surface area contributed by atoms with Crippen molar-refractivity contribution in [2.75, 3.05) is 0 Å². The average Bonchev–Trinajstić information content (AvgIpc) is 2.85. The normalized spacial score (nSPS) is 11.9. The molecule has 3 aromatic rings. The van der Waals surface area contributed by atoms with Crippen molar-refractivity contribution in [3.05, 3.63) is 40.0 Å². The van der Waals surface area contributed by atoms with Crippen LogP contribution < -0.4 is 4.74 Å². The molecule has 3 rings (SSSR count). The molecule has 0 aliphatic carbocycles. The van der Waals surface area contributed by atoms with Gasteiger partial charge in [0.25, 0.3) is 11.6 Å². The Labute approximate surface area is 136 Å². The van der Waals surface area contributed by atoms with Crippen LogP contribution >= 0.6 is 15.9 Å². The predicted molar refractivity (Wildman–Crippen MR) is 77.3 cm³/mol. The highest BCUT2D eigenvalue weighted by atomic mass is 79.9. The molecule has 10 heteroatoms. The van der Waals surface area contributed by atoms with Gasteiger partial charge in [0.05, 0.1) is 0 Å². The molecular formula is C13H9BrF3N5O. The van der Waals surface area contributed by atoms with Gasteiger partial charge in [-0.1, -0.05) is 0 Å². The van der Waals surface area contributed by atoms with E-state index in [1.54, 1.807) is 26.0 Å². The summed E-state index contributed by atoms with van der Waals surface area (Å²) in [5.41, 5.74) is 1.21.